The van der Waals surface area contributed by atoms with E-state index in [4.69, 9.17) is 0 Å². The molecule has 3 heteroatoms. The van der Waals surface area contributed by atoms with E-state index in [0.717, 1.165) is 24.4 Å². The predicted molar refractivity (Wildman–Crippen MR) is 66.0 cm³/mol. The zero-order valence-corrected chi connectivity index (χ0v) is 10.4. The van der Waals surface area contributed by atoms with E-state index in [9.17, 15) is 0 Å². The second-order valence-electron chi connectivity index (χ2n) is 3.42. The zero-order valence-electron chi connectivity index (χ0n) is 9.63. The van der Waals surface area contributed by atoms with Crippen molar-refractivity contribution in [2.45, 2.75) is 39.7 Å². The Kier molecular flexibility index (Phi) is 5.38. The lowest BCUT2D eigenvalue weighted by atomic mass is 10.2. The summed E-state index contributed by atoms with van der Waals surface area (Å²) < 4.78 is 0. The summed E-state index contributed by atoms with van der Waals surface area (Å²) in [5.74, 6) is 6.08. The van der Waals surface area contributed by atoms with Crippen LogP contribution in [0.4, 0.5) is 0 Å². The van der Waals surface area contributed by atoms with Gasteiger partial charge >= 0.3 is 0 Å². The second kappa shape index (κ2) is 6.60. The number of aryl methyl sites for hydroxylation is 1. The van der Waals surface area contributed by atoms with Gasteiger partial charge in [0.25, 0.3) is 0 Å². The van der Waals surface area contributed by atoms with E-state index in [0.29, 0.717) is 6.04 Å². The summed E-state index contributed by atoms with van der Waals surface area (Å²) in [6, 6.07) is 0.351. The van der Waals surface area contributed by atoms with Crippen LogP contribution in [0, 0.1) is 18.8 Å². The molecule has 1 N–H and O–H groups in total. The van der Waals surface area contributed by atoms with Gasteiger partial charge in [0.15, 0.2) is 0 Å². The van der Waals surface area contributed by atoms with Crippen molar-refractivity contribution in [3.63, 3.8) is 0 Å². The smallest absolute Gasteiger partial charge is 0.0897 e. The average Bonchev–Trinajstić information content (AvgIpc) is 2.65. The van der Waals surface area contributed by atoms with Crippen LogP contribution in [0.1, 0.15) is 42.6 Å². The molecule has 0 amide bonds. The lowest BCUT2D eigenvalue weighted by Gasteiger charge is -2.13. The summed E-state index contributed by atoms with van der Waals surface area (Å²) in [5.41, 5.74) is 0. The molecule has 2 nitrogen and oxygen atoms in total. The van der Waals surface area contributed by atoms with Crippen molar-refractivity contribution in [1.82, 2.24) is 10.3 Å². The van der Waals surface area contributed by atoms with Gasteiger partial charge in [0.2, 0.25) is 0 Å². The fourth-order valence-corrected chi connectivity index (χ4v) is 2.20. The Hall–Kier alpha value is -0.850. The van der Waals surface area contributed by atoms with Gasteiger partial charge in [0.1, 0.15) is 0 Å². The molecule has 0 spiro atoms. The molecule has 1 heterocycles. The second-order valence-corrected chi connectivity index (χ2v) is 4.69. The minimum atomic E-state index is 0.351. The largest absolute Gasteiger partial charge is 0.308 e. The Morgan fingerprint density at radius 3 is 2.93 bits per heavy atom. The van der Waals surface area contributed by atoms with Crippen LogP contribution in [-0.4, -0.2) is 11.5 Å². The van der Waals surface area contributed by atoms with Crippen molar-refractivity contribution in [2.24, 2.45) is 0 Å². The van der Waals surface area contributed by atoms with Crippen LogP contribution in [0.3, 0.4) is 0 Å². The van der Waals surface area contributed by atoms with Gasteiger partial charge in [0, 0.05) is 17.5 Å². The number of nitrogens with one attached hydrogen (secondary N) is 1. The van der Waals surface area contributed by atoms with Crippen molar-refractivity contribution in [2.75, 3.05) is 6.54 Å². The van der Waals surface area contributed by atoms with E-state index >= 15 is 0 Å². The SMILES string of the molecule is CC#CCC(NCCC)c1cnc(C)s1. The van der Waals surface area contributed by atoms with Gasteiger partial charge in [-0.1, -0.05) is 6.92 Å². The Labute approximate surface area is 96.1 Å². The molecule has 0 radical (unpaired) electrons. The maximum atomic E-state index is 4.28. The van der Waals surface area contributed by atoms with E-state index in [2.05, 4.69) is 29.1 Å². The maximum Gasteiger partial charge on any atom is 0.0897 e. The molecular formula is C12H18N2S. The summed E-state index contributed by atoms with van der Waals surface area (Å²) >= 11 is 1.76. The van der Waals surface area contributed by atoms with Gasteiger partial charge in [0.05, 0.1) is 11.0 Å². The molecule has 0 aliphatic rings. The van der Waals surface area contributed by atoms with E-state index in [1.165, 1.54) is 4.88 Å². The first-order valence-corrected chi connectivity index (χ1v) is 6.15. The molecule has 1 unspecified atom stereocenters. The quantitative estimate of drug-likeness (QED) is 0.775. The average molecular weight is 222 g/mol. The van der Waals surface area contributed by atoms with Gasteiger partial charge in [-0.3, -0.25) is 0 Å². The molecule has 0 aliphatic heterocycles. The van der Waals surface area contributed by atoms with E-state index < -0.39 is 0 Å². The molecule has 1 aromatic rings. The summed E-state index contributed by atoms with van der Waals surface area (Å²) in [5, 5.41) is 4.62. The molecule has 0 saturated carbocycles. The van der Waals surface area contributed by atoms with Crippen molar-refractivity contribution in [3.05, 3.63) is 16.1 Å². The normalized spacial score (nSPS) is 11.9. The predicted octanol–water partition coefficient (Wildman–Crippen LogP) is 2.91. The molecule has 1 aromatic heterocycles. The van der Waals surface area contributed by atoms with Gasteiger partial charge in [-0.25, -0.2) is 4.98 Å². The Bertz CT molecular complexity index is 346. The molecule has 0 saturated heterocycles. The molecule has 0 fully saturated rings. The molecular weight excluding hydrogens is 204 g/mol. The first-order chi connectivity index (χ1) is 7.27. The summed E-state index contributed by atoms with van der Waals surface area (Å²) in [7, 11) is 0. The highest BCUT2D eigenvalue weighted by Gasteiger charge is 2.11. The standard InChI is InChI=1S/C12H18N2S/c1-4-6-7-11(13-8-5-2)12-9-14-10(3)15-12/h9,11,13H,5,7-8H2,1-3H3. The van der Waals surface area contributed by atoms with Crippen LogP contribution in [0.2, 0.25) is 0 Å². The minimum Gasteiger partial charge on any atom is -0.308 e. The molecule has 0 aromatic carbocycles. The topological polar surface area (TPSA) is 24.9 Å². The Morgan fingerprint density at radius 1 is 1.60 bits per heavy atom. The molecule has 0 aliphatic carbocycles. The van der Waals surface area contributed by atoms with Crippen molar-refractivity contribution in [1.29, 1.82) is 0 Å². The highest BCUT2D eigenvalue weighted by atomic mass is 32.1. The fraction of sp³-hybridized carbons (Fsp3) is 0.583. The van der Waals surface area contributed by atoms with Crippen molar-refractivity contribution < 1.29 is 0 Å². The Morgan fingerprint density at radius 2 is 2.40 bits per heavy atom. The van der Waals surface area contributed by atoms with Gasteiger partial charge in [-0.15, -0.1) is 23.2 Å². The third-order valence-electron chi connectivity index (χ3n) is 2.11. The van der Waals surface area contributed by atoms with Gasteiger partial charge in [-0.05, 0) is 26.8 Å². The monoisotopic (exact) mass is 222 g/mol. The number of hydrogen-bond donors (Lipinski definition) is 1. The number of rotatable bonds is 5. The molecule has 0 bridgehead atoms. The number of thiazole rings is 1. The van der Waals surface area contributed by atoms with Crippen molar-refractivity contribution in [3.8, 4) is 11.8 Å². The molecule has 82 valence electrons. The summed E-state index contributed by atoms with van der Waals surface area (Å²) in [6.07, 6.45) is 3.98. The molecule has 1 rings (SSSR count). The maximum absolute atomic E-state index is 4.28. The van der Waals surface area contributed by atoms with E-state index in [1.54, 1.807) is 11.3 Å². The highest BCUT2D eigenvalue weighted by molar-refractivity contribution is 7.11. The van der Waals surface area contributed by atoms with Gasteiger partial charge in [-0.2, -0.15) is 0 Å². The fourth-order valence-electron chi connectivity index (χ4n) is 1.33. The van der Waals surface area contributed by atoms with Gasteiger partial charge < -0.3 is 5.32 Å². The minimum absolute atomic E-state index is 0.351. The third-order valence-corrected chi connectivity index (χ3v) is 3.13. The van der Waals surface area contributed by atoms with Crippen LogP contribution >= 0.6 is 11.3 Å². The summed E-state index contributed by atoms with van der Waals surface area (Å²) in [4.78, 5) is 5.58. The molecule has 15 heavy (non-hydrogen) atoms. The molecule has 1 atom stereocenters. The lowest BCUT2D eigenvalue weighted by molar-refractivity contribution is 0.549. The first kappa shape index (κ1) is 12.2. The zero-order chi connectivity index (χ0) is 11.1. The van der Waals surface area contributed by atoms with Crippen LogP contribution < -0.4 is 5.32 Å². The first-order valence-electron chi connectivity index (χ1n) is 5.33. The number of nitrogens with zero attached hydrogens (tertiary/aromatic N) is 1. The van der Waals surface area contributed by atoms with Crippen LogP contribution in [0.25, 0.3) is 0 Å². The van der Waals surface area contributed by atoms with Crippen LogP contribution in [0.5, 0.6) is 0 Å². The number of hydrogen-bond acceptors (Lipinski definition) is 3. The third kappa shape index (κ3) is 4.03. The van der Waals surface area contributed by atoms with Crippen molar-refractivity contribution >= 4 is 11.3 Å². The summed E-state index contributed by atoms with van der Waals surface area (Å²) in [6.45, 7) is 7.13. The highest BCUT2D eigenvalue weighted by Crippen LogP contribution is 2.22. The van der Waals surface area contributed by atoms with Crippen LogP contribution in [0.15, 0.2) is 6.20 Å². The number of aromatic nitrogens is 1. The Balaban J connectivity index is 2.65. The van der Waals surface area contributed by atoms with E-state index in [-0.39, 0.29) is 0 Å². The van der Waals surface area contributed by atoms with E-state index in [1.807, 2.05) is 20.0 Å². The van der Waals surface area contributed by atoms with Crippen LogP contribution in [-0.2, 0) is 0 Å². The lowest BCUT2D eigenvalue weighted by Crippen LogP contribution is -2.20.